The average molecular weight is 577 g/mol. The Morgan fingerprint density at radius 1 is 0.682 bits per heavy atom. The molecule has 214 valence electrons. The molecule has 2 atom stereocenters. The first kappa shape index (κ1) is 26.3. The predicted octanol–water partition coefficient (Wildman–Crippen LogP) is 7.14. The fraction of sp³-hybridized carbons (Fsp3) is 0.158. The Hall–Kier alpha value is -5.36. The van der Waals surface area contributed by atoms with Crippen LogP contribution in [0.2, 0.25) is 0 Å². The molecule has 0 spiro atoms. The van der Waals surface area contributed by atoms with Gasteiger partial charge in [0.05, 0.1) is 41.4 Å². The van der Waals surface area contributed by atoms with Gasteiger partial charge in [0, 0.05) is 27.3 Å². The second-order valence-corrected chi connectivity index (χ2v) is 11.7. The summed E-state index contributed by atoms with van der Waals surface area (Å²) >= 11 is 0. The summed E-state index contributed by atoms with van der Waals surface area (Å²) in [6.45, 7) is 0.595. The number of carbonyl (C=O) groups is 2. The zero-order valence-corrected chi connectivity index (χ0v) is 24.1. The summed E-state index contributed by atoms with van der Waals surface area (Å²) in [7, 11) is 1.43. The fourth-order valence-electron chi connectivity index (χ4n) is 7.73. The number of methoxy groups -OCH3 is 1. The molecule has 0 N–H and O–H groups in total. The molecule has 0 saturated heterocycles. The Morgan fingerprint density at radius 2 is 1.18 bits per heavy atom. The van der Waals surface area contributed by atoms with Crippen LogP contribution in [-0.2, 0) is 29.9 Å². The average Bonchev–Trinajstić information content (AvgIpc) is 3.48. The Bertz CT molecular complexity index is 2140. The largest absolute Gasteiger partial charge is 0.469 e. The molecule has 0 aliphatic heterocycles. The number of benzene rings is 4. The minimum Gasteiger partial charge on any atom is -0.469 e. The van der Waals surface area contributed by atoms with Crippen molar-refractivity contribution in [2.45, 2.75) is 23.7 Å². The van der Waals surface area contributed by atoms with E-state index in [-0.39, 0.29) is 19.0 Å². The first-order valence-corrected chi connectivity index (χ1v) is 14.7. The quantitative estimate of drug-likeness (QED) is 0.148. The van der Waals surface area contributed by atoms with Crippen LogP contribution >= 0.6 is 0 Å². The monoisotopic (exact) mass is 576 g/mol. The van der Waals surface area contributed by atoms with E-state index in [1.807, 2.05) is 60.7 Å². The summed E-state index contributed by atoms with van der Waals surface area (Å²) in [4.78, 5) is 35.7. The number of aromatic nitrogens is 2. The lowest BCUT2D eigenvalue weighted by Gasteiger charge is -2.41. The van der Waals surface area contributed by atoms with E-state index in [2.05, 4.69) is 48.5 Å². The summed E-state index contributed by atoms with van der Waals surface area (Å²) < 4.78 is 11.1. The van der Waals surface area contributed by atoms with Crippen molar-refractivity contribution in [2.75, 3.05) is 13.7 Å². The van der Waals surface area contributed by atoms with Crippen molar-refractivity contribution in [1.82, 2.24) is 9.97 Å². The molecule has 0 saturated carbocycles. The van der Waals surface area contributed by atoms with Gasteiger partial charge in [0.2, 0.25) is 0 Å². The molecule has 8 rings (SSSR count). The SMILES string of the molecule is COC(=O)C[C@]1(C[C@]2(COC=O)c3ccccc3-c3nc4ccccc4cc32)c2ccccc2-c2nc3ccccc3cc21. The number of para-hydroxylation sites is 2. The maximum atomic E-state index is 13.5. The molecular weight excluding hydrogens is 548 g/mol. The minimum atomic E-state index is -0.845. The highest BCUT2D eigenvalue weighted by molar-refractivity contribution is 5.92. The molecule has 2 heterocycles. The Kier molecular flexibility index (Phi) is 5.88. The number of hydrogen-bond acceptors (Lipinski definition) is 6. The van der Waals surface area contributed by atoms with Crippen molar-refractivity contribution in [1.29, 1.82) is 0 Å². The maximum Gasteiger partial charge on any atom is 0.306 e. The van der Waals surface area contributed by atoms with Gasteiger partial charge in [-0.25, -0.2) is 9.97 Å². The van der Waals surface area contributed by atoms with Gasteiger partial charge >= 0.3 is 5.97 Å². The Labute approximate surface area is 254 Å². The molecule has 0 bridgehead atoms. The highest BCUT2D eigenvalue weighted by Crippen LogP contribution is 2.60. The smallest absolute Gasteiger partial charge is 0.306 e. The van der Waals surface area contributed by atoms with Crippen molar-refractivity contribution >= 4 is 34.2 Å². The third kappa shape index (κ3) is 3.67. The summed E-state index contributed by atoms with van der Waals surface area (Å²) in [6, 6.07) is 36.9. The van der Waals surface area contributed by atoms with E-state index in [4.69, 9.17) is 19.4 Å². The third-order valence-corrected chi connectivity index (χ3v) is 9.55. The van der Waals surface area contributed by atoms with Gasteiger partial charge in [0.25, 0.3) is 6.47 Å². The van der Waals surface area contributed by atoms with Crippen molar-refractivity contribution < 1.29 is 19.1 Å². The molecule has 0 fully saturated rings. The van der Waals surface area contributed by atoms with E-state index in [1.165, 1.54) is 7.11 Å². The van der Waals surface area contributed by atoms with Crippen LogP contribution in [0.15, 0.2) is 109 Å². The number of rotatable bonds is 7. The van der Waals surface area contributed by atoms with Gasteiger partial charge in [-0.3, -0.25) is 9.59 Å². The zero-order valence-electron chi connectivity index (χ0n) is 24.1. The number of pyridine rings is 2. The molecule has 4 aromatic carbocycles. The van der Waals surface area contributed by atoms with Crippen molar-refractivity contribution in [2.24, 2.45) is 0 Å². The van der Waals surface area contributed by atoms with Gasteiger partial charge < -0.3 is 9.47 Å². The second-order valence-electron chi connectivity index (χ2n) is 11.7. The molecule has 2 aliphatic carbocycles. The van der Waals surface area contributed by atoms with Crippen LogP contribution < -0.4 is 0 Å². The van der Waals surface area contributed by atoms with Crippen LogP contribution in [-0.4, -0.2) is 36.1 Å². The standard InChI is InChI=1S/C38H28N2O4/c1-43-34(42)20-37(28-14-6-4-12-26(28)35-30(37)18-24-10-2-8-16-32(24)39-35)21-38(22-44-23-41)29-15-7-5-13-27(29)36-31(38)19-25-11-3-9-17-33(25)40-36/h2-19,23H,20-22H2,1H3/t37-,38-/m0/s1. The van der Waals surface area contributed by atoms with E-state index in [0.29, 0.717) is 12.9 Å². The lowest BCUT2D eigenvalue weighted by atomic mass is 9.61. The van der Waals surface area contributed by atoms with Gasteiger partial charge in [-0.1, -0.05) is 84.9 Å². The number of carbonyl (C=O) groups excluding carboxylic acids is 2. The molecule has 6 heteroatoms. The summed E-state index contributed by atoms with van der Waals surface area (Å²) in [6.07, 6.45) is 0.520. The highest BCUT2D eigenvalue weighted by atomic mass is 16.5. The molecule has 0 unspecified atom stereocenters. The highest BCUT2D eigenvalue weighted by Gasteiger charge is 2.55. The number of fused-ring (bicyclic) bond motifs is 8. The Balaban J connectivity index is 1.46. The van der Waals surface area contributed by atoms with Gasteiger partial charge in [0.15, 0.2) is 0 Å². The normalized spacial score (nSPS) is 19.2. The molecule has 2 aliphatic rings. The lowest BCUT2D eigenvalue weighted by Crippen LogP contribution is -2.42. The van der Waals surface area contributed by atoms with Gasteiger partial charge in [0.1, 0.15) is 6.61 Å². The molecule has 44 heavy (non-hydrogen) atoms. The van der Waals surface area contributed by atoms with E-state index >= 15 is 0 Å². The van der Waals surface area contributed by atoms with Crippen LogP contribution in [0.4, 0.5) is 0 Å². The van der Waals surface area contributed by atoms with Crippen molar-refractivity contribution in [3.8, 4) is 22.5 Å². The van der Waals surface area contributed by atoms with Gasteiger partial charge in [-0.15, -0.1) is 0 Å². The molecule has 0 radical (unpaired) electrons. The minimum absolute atomic E-state index is 0.0853. The van der Waals surface area contributed by atoms with Crippen LogP contribution in [0.25, 0.3) is 44.3 Å². The fourth-order valence-corrected chi connectivity index (χ4v) is 7.73. The maximum absolute atomic E-state index is 13.5. The van der Waals surface area contributed by atoms with Crippen LogP contribution in [0, 0.1) is 0 Å². The van der Waals surface area contributed by atoms with E-state index in [1.54, 1.807) is 0 Å². The van der Waals surface area contributed by atoms with Gasteiger partial charge in [-0.05, 0) is 52.9 Å². The summed E-state index contributed by atoms with van der Waals surface area (Å²) in [5.41, 5.74) is 7.80. The number of nitrogens with zero attached hydrogens (tertiary/aromatic N) is 2. The third-order valence-electron chi connectivity index (χ3n) is 9.55. The molecule has 2 aromatic heterocycles. The Morgan fingerprint density at radius 3 is 1.75 bits per heavy atom. The first-order valence-electron chi connectivity index (χ1n) is 14.7. The van der Waals surface area contributed by atoms with E-state index in [9.17, 15) is 9.59 Å². The number of esters is 1. The van der Waals surface area contributed by atoms with Crippen LogP contribution in [0.1, 0.15) is 35.1 Å². The number of ether oxygens (including phenoxy) is 2. The number of hydrogen-bond donors (Lipinski definition) is 0. The molecule has 6 nitrogen and oxygen atoms in total. The van der Waals surface area contributed by atoms with Gasteiger partial charge in [-0.2, -0.15) is 0 Å². The summed E-state index contributed by atoms with van der Waals surface area (Å²) in [5, 5.41) is 1.99. The zero-order chi connectivity index (χ0) is 29.9. The molecular formula is C38H28N2O4. The molecule has 6 aromatic rings. The molecule has 0 amide bonds. The first-order chi connectivity index (χ1) is 21.6. The van der Waals surface area contributed by atoms with E-state index < -0.39 is 10.8 Å². The van der Waals surface area contributed by atoms with Crippen LogP contribution in [0.3, 0.4) is 0 Å². The summed E-state index contributed by atoms with van der Waals surface area (Å²) in [5.74, 6) is -0.324. The topological polar surface area (TPSA) is 78.4 Å². The van der Waals surface area contributed by atoms with Crippen molar-refractivity contribution in [3.63, 3.8) is 0 Å². The second kappa shape index (κ2) is 9.85. The van der Waals surface area contributed by atoms with Crippen LogP contribution in [0.5, 0.6) is 0 Å². The lowest BCUT2D eigenvalue weighted by molar-refractivity contribution is -0.142. The van der Waals surface area contributed by atoms with E-state index in [0.717, 1.165) is 66.6 Å². The predicted molar refractivity (Wildman–Crippen MR) is 169 cm³/mol. The van der Waals surface area contributed by atoms with Crippen molar-refractivity contribution in [3.05, 3.63) is 131 Å².